The summed E-state index contributed by atoms with van der Waals surface area (Å²) in [5.41, 5.74) is 0. The fourth-order valence-electron chi connectivity index (χ4n) is 3.91. The molecule has 0 aromatic heterocycles. The van der Waals surface area contributed by atoms with Crippen LogP contribution in [0.3, 0.4) is 0 Å². The van der Waals surface area contributed by atoms with E-state index < -0.39 is 0 Å². The summed E-state index contributed by atoms with van der Waals surface area (Å²) in [5.74, 6) is 2.09. The van der Waals surface area contributed by atoms with Gasteiger partial charge in [-0.25, -0.2) is 0 Å². The van der Waals surface area contributed by atoms with E-state index in [0.717, 1.165) is 19.0 Å². The molecule has 0 N–H and O–H groups in total. The maximum absolute atomic E-state index is 11.5. The van der Waals surface area contributed by atoms with Crippen molar-refractivity contribution >= 4 is 5.78 Å². The standard InChI is InChI=1S/C18H34N2O/c1-3-5-16-6-10-19(11-7-16)15-20-12-8-17(9-13-20)14-18(21)4-2/h16-17H,3-15H2,1-2H3. The maximum Gasteiger partial charge on any atom is 0.132 e. The van der Waals surface area contributed by atoms with E-state index in [9.17, 15) is 4.79 Å². The molecule has 2 heterocycles. The molecule has 0 spiro atoms. The Hall–Kier alpha value is -0.410. The Morgan fingerprint density at radius 3 is 1.90 bits per heavy atom. The van der Waals surface area contributed by atoms with Crippen LogP contribution >= 0.6 is 0 Å². The number of carbonyl (C=O) groups is 1. The number of hydrogen-bond acceptors (Lipinski definition) is 3. The minimum absolute atomic E-state index is 0.450. The Balaban J connectivity index is 1.62. The predicted octanol–water partition coefficient (Wildman–Crippen LogP) is 3.54. The highest BCUT2D eigenvalue weighted by atomic mass is 16.1. The number of piperidine rings is 2. The summed E-state index contributed by atoms with van der Waals surface area (Å²) >= 11 is 0. The van der Waals surface area contributed by atoms with Crippen molar-refractivity contribution in [3.63, 3.8) is 0 Å². The fourth-order valence-corrected chi connectivity index (χ4v) is 3.91. The van der Waals surface area contributed by atoms with Crippen LogP contribution in [-0.4, -0.2) is 48.4 Å². The van der Waals surface area contributed by atoms with Crippen molar-refractivity contribution in [2.75, 3.05) is 32.8 Å². The molecule has 0 bridgehead atoms. The molecule has 2 saturated heterocycles. The van der Waals surface area contributed by atoms with E-state index >= 15 is 0 Å². The van der Waals surface area contributed by atoms with E-state index in [1.54, 1.807) is 0 Å². The molecule has 0 unspecified atom stereocenters. The van der Waals surface area contributed by atoms with Crippen LogP contribution in [0.2, 0.25) is 0 Å². The molecule has 21 heavy (non-hydrogen) atoms. The molecule has 2 aliphatic heterocycles. The smallest absolute Gasteiger partial charge is 0.132 e. The summed E-state index contributed by atoms with van der Waals surface area (Å²) in [7, 11) is 0. The second kappa shape index (κ2) is 8.89. The molecule has 0 radical (unpaired) electrons. The molecule has 0 amide bonds. The van der Waals surface area contributed by atoms with Gasteiger partial charge in [0.2, 0.25) is 0 Å². The second-order valence-electron chi connectivity index (χ2n) is 7.15. The first-order valence-electron chi connectivity index (χ1n) is 9.17. The third-order valence-corrected chi connectivity index (χ3v) is 5.42. The van der Waals surface area contributed by atoms with Crippen LogP contribution < -0.4 is 0 Å². The number of nitrogens with zero attached hydrogens (tertiary/aromatic N) is 2. The van der Waals surface area contributed by atoms with Crippen molar-refractivity contribution < 1.29 is 4.79 Å². The number of Topliss-reactive ketones (excluding diaryl/α,β-unsaturated/α-hetero) is 1. The third kappa shape index (κ3) is 5.71. The Morgan fingerprint density at radius 1 is 0.905 bits per heavy atom. The average molecular weight is 294 g/mol. The average Bonchev–Trinajstić information content (AvgIpc) is 2.51. The van der Waals surface area contributed by atoms with Gasteiger partial charge in [-0.1, -0.05) is 26.7 Å². The van der Waals surface area contributed by atoms with Crippen LogP contribution in [0.1, 0.15) is 65.2 Å². The van der Waals surface area contributed by atoms with Crippen LogP contribution in [0.4, 0.5) is 0 Å². The summed E-state index contributed by atoms with van der Waals surface area (Å²) < 4.78 is 0. The molecule has 122 valence electrons. The Labute approximate surface area is 131 Å². The van der Waals surface area contributed by atoms with Crippen molar-refractivity contribution in [3.8, 4) is 0 Å². The zero-order chi connectivity index (χ0) is 15.1. The lowest BCUT2D eigenvalue weighted by Gasteiger charge is -2.38. The minimum Gasteiger partial charge on any atom is -0.300 e. The van der Waals surface area contributed by atoms with Gasteiger partial charge in [0.15, 0.2) is 0 Å². The first-order chi connectivity index (χ1) is 10.2. The van der Waals surface area contributed by atoms with Gasteiger partial charge < -0.3 is 0 Å². The van der Waals surface area contributed by atoms with E-state index in [1.807, 2.05) is 6.92 Å². The van der Waals surface area contributed by atoms with Gasteiger partial charge in [-0.05, 0) is 63.7 Å². The largest absolute Gasteiger partial charge is 0.300 e. The number of likely N-dealkylation sites (tertiary alicyclic amines) is 2. The topological polar surface area (TPSA) is 23.6 Å². The van der Waals surface area contributed by atoms with Gasteiger partial charge in [0.1, 0.15) is 5.78 Å². The van der Waals surface area contributed by atoms with Crippen LogP contribution in [-0.2, 0) is 4.79 Å². The van der Waals surface area contributed by atoms with Crippen molar-refractivity contribution in [1.29, 1.82) is 0 Å². The zero-order valence-corrected chi connectivity index (χ0v) is 14.1. The summed E-state index contributed by atoms with van der Waals surface area (Å²) in [6.45, 7) is 10.4. The van der Waals surface area contributed by atoms with Gasteiger partial charge >= 0.3 is 0 Å². The first kappa shape index (κ1) is 17.0. The van der Waals surface area contributed by atoms with Gasteiger partial charge in [-0.3, -0.25) is 14.6 Å². The summed E-state index contributed by atoms with van der Waals surface area (Å²) in [5, 5.41) is 0. The number of rotatable bonds is 7. The lowest BCUT2D eigenvalue weighted by atomic mass is 9.91. The predicted molar refractivity (Wildman–Crippen MR) is 88.3 cm³/mol. The third-order valence-electron chi connectivity index (χ3n) is 5.42. The molecule has 3 heteroatoms. The van der Waals surface area contributed by atoms with Crippen LogP contribution in [0.5, 0.6) is 0 Å². The Bertz CT molecular complexity index is 302. The zero-order valence-electron chi connectivity index (χ0n) is 14.1. The van der Waals surface area contributed by atoms with Gasteiger partial charge in [-0.15, -0.1) is 0 Å². The molecule has 3 nitrogen and oxygen atoms in total. The molecular formula is C18H34N2O. The molecule has 2 aliphatic rings. The minimum atomic E-state index is 0.450. The number of hydrogen-bond donors (Lipinski definition) is 0. The molecule has 0 atom stereocenters. The van der Waals surface area contributed by atoms with Crippen LogP contribution in [0.15, 0.2) is 0 Å². The highest BCUT2D eigenvalue weighted by Crippen LogP contribution is 2.24. The SMILES string of the molecule is CCCC1CCN(CN2CCC(CC(=O)CC)CC2)CC1. The molecular weight excluding hydrogens is 260 g/mol. The van der Waals surface area contributed by atoms with Gasteiger partial charge in [-0.2, -0.15) is 0 Å². The summed E-state index contributed by atoms with van der Waals surface area (Å²) in [6, 6.07) is 0. The molecule has 2 fully saturated rings. The van der Waals surface area contributed by atoms with Crippen LogP contribution in [0.25, 0.3) is 0 Å². The van der Waals surface area contributed by atoms with E-state index in [0.29, 0.717) is 18.1 Å². The van der Waals surface area contributed by atoms with E-state index in [2.05, 4.69) is 16.7 Å². The van der Waals surface area contributed by atoms with Crippen molar-refractivity contribution in [2.24, 2.45) is 11.8 Å². The van der Waals surface area contributed by atoms with E-state index in [1.165, 1.54) is 64.7 Å². The van der Waals surface area contributed by atoms with E-state index in [-0.39, 0.29) is 0 Å². The Kier molecular flexibility index (Phi) is 7.18. The fraction of sp³-hybridized carbons (Fsp3) is 0.944. The molecule has 2 rings (SSSR count). The van der Waals surface area contributed by atoms with E-state index in [4.69, 9.17) is 0 Å². The molecule has 0 aliphatic carbocycles. The summed E-state index contributed by atoms with van der Waals surface area (Å²) in [6.07, 6.45) is 9.54. The lowest BCUT2D eigenvalue weighted by Crippen LogP contribution is -2.45. The molecule has 0 saturated carbocycles. The normalized spacial score (nSPS) is 23.5. The van der Waals surface area contributed by atoms with Gasteiger partial charge in [0.25, 0.3) is 0 Å². The Morgan fingerprint density at radius 2 is 1.43 bits per heavy atom. The number of ketones is 1. The maximum atomic E-state index is 11.5. The highest BCUT2D eigenvalue weighted by molar-refractivity contribution is 5.78. The summed E-state index contributed by atoms with van der Waals surface area (Å²) in [4.78, 5) is 16.8. The monoisotopic (exact) mass is 294 g/mol. The lowest BCUT2D eigenvalue weighted by molar-refractivity contribution is -0.120. The van der Waals surface area contributed by atoms with Crippen molar-refractivity contribution in [2.45, 2.75) is 65.2 Å². The first-order valence-corrected chi connectivity index (χ1v) is 9.17. The van der Waals surface area contributed by atoms with Gasteiger partial charge in [0.05, 0.1) is 6.67 Å². The van der Waals surface area contributed by atoms with Crippen molar-refractivity contribution in [3.05, 3.63) is 0 Å². The number of carbonyl (C=O) groups excluding carboxylic acids is 1. The molecule has 0 aromatic rings. The van der Waals surface area contributed by atoms with Crippen LogP contribution in [0, 0.1) is 11.8 Å². The van der Waals surface area contributed by atoms with Crippen molar-refractivity contribution in [1.82, 2.24) is 9.80 Å². The highest BCUT2D eigenvalue weighted by Gasteiger charge is 2.24. The second-order valence-corrected chi connectivity index (χ2v) is 7.15. The molecule has 0 aromatic carbocycles. The quantitative estimate of drug-likeness (QED) is 0.717. The van der Waals surface area contributed by atoms with Gasteiger partial charge in [0, 0.05) is 12.8 Å².